The van der Waals surface area contributed by atoms with Gasteiger partial charge in [0.15, 0.2) is 0 Å². The summed E-state index contributed by atoms with van der Waals surface area (Å²) in [5.41, 5.74) is 1.46. The van der Waals surface area contributed by atoms with Gasteiger partial charge < -0.3 is 0 Å². The highest BCUT2D eigenvalue weighted by Gasteiger charge is 2.17. The highest BCUT2D eigenvalue weighted by molar-refractivity contribution is 8.05. The molecule has 0 bridgehead atoms. The number of hydrogen-bond acceptors (Lipinski definition) is 2. The van der Waals surface area contributed by atoms with Gasteiger partial charge in [0.05, 0.1) is 0 Å². The smallest absolute Gasteiger partial charge is 0.0265 e. The van der Waals surface area contributed by atoms with Gasteiger partial charge in [-0.05, 0) is 42.2 Å². The van der Waals surface area contributed by atoms with E-state index in [1.807, 2.05) is 23.5 Å². The molecule has 0 saturated heterocycles. The second kappa shape index (κ2) is 5.02. The molecule has 0 fully saturated rings. The highest BCUT2D eigenvalue weighted by atomic mass is 32.2. The van der Waals surface area contributed by atoms with E-state index in [4.69, 9.17) is 0 Å². The van der Waals surface area contributed by atoms with E-state index < -0.39 is 0 Å². The van der Waals surface area contributed by atoms with Crippen LogP contribution in [0.15, 0.2) is 62.0 Å². The molecule has 1 aliphatic heterocycles. The van der Waals surface area contributed by atoms with Crippen LogP contribution in [0.2, 0.25) is 0 Å². The lowest BCUT2D eigenvalue weighted by Gasteiger charge is -2.20. The summed E-state index contributed by atoms with van der Waals surface area (Å²) >= 11 is 3.79. The van der Waals surface area contributed by atoms with E-state index in [1.165, 1.54) is 31.6 Å². The largest absolute Gasteiger partial charge is 0.0877 e. The molecule has 0 N–H and O–H groups in total. The molecule has 1 atom stereocenters. The Morgan fingerprint density at radius 3 is 2.17 bits per heavy atom. The van der Waals surface area contributed by atoms with E-state index in [9.17, 15) is 0 Å². The molecule has 92 valence electrons. The number of rotatable bonds is 2. The van der Waals surface area contributed by atoms with Crippen molar-refractivity contribution in [3.63, 3.8) is 0 Å². The van der Waals surface area contributed by atoms with Gasteiger partial charge in [0, 0.05) is 19.6 Å². The lowest BCUT2D eigenvalue weighted by Crippen LogP contribution is -1.95. The van der Waals surface area contributed by atoms with E-state index in [-0.39, 0.29) is 0 Å². The van der Waals surface area contributed by atoms with Crippen LogP contribution in [0, 0.1) is 0 Å². The second-order valence-electron chi connectivity index (χ2n) is 4.67. The first-order valence-electron chi connectivity index (χ1n) is 6.36. The molecular weight excluding hydrogens is 256 g/mol. The van der Waals surface area contributed by atoms with Crippen LogP contribution in [0.5, 0.6) is 0 Å². The minimum atomic E-state index is 0.651. The van der Waals surface area contributed by atoms with E-state index in [0.717, 1.165) is 0 Å². The Kier molecular flexibility index (Phi) is 3.40. The zero-order chi connectivity index (χ0) is 12.5. The molecule has 0 aliphatic carbocycles. The van der Waals surface area contributed by atoms with E-state index in [0.29, 0.717) is 5.92 Å². The quantitative estimate of drug-likeness (QED) is 0.577. The third-order valence-corrected chi connectivity index (χ3v) is 5.98. The summed E-state index contributed by atoms with van der Waals surface area (Å²) in [6.07, 6.45) is 1.20. The van der Waals surface area contributed by atoms with Crippen LogP contribution in [0.4, 0.5) is 0 Å². The normalized spacial score (nSPS) is 14.8. The van der Waals surface area contributed by atoms with Crippen molar-refractivity contribution in [1.82, 2.24) is 0 Å². The third-order valence-electron chi connectivity index (χ3n) is 3.44. The zero-order valence-electron chi connectivity index (χ0n) is 10.6. The second-order valence-corrected chi connectivity index (χ2v) is 6.83. The van der Waals surface area contributed by atoms with Crippen LogP contribution >= 0.6 is 23.5 Å². The summed E-state index contributed by atoms with van der Waals surface area (Å²) in [4.78, 5) is 5.57. The van der Waals surface area contributed by atoms with Gasteiger partial charge in [0.2, 0.25) is 0 Å². The minimum Gasteiger partial charge on any atom is -0.0877 e. The molecule has 3 rings (SSSR count). The predicted molar refractivity (Wildman–Crippen MR) is 79.8 cm³/mol. The Morgan fingerprint density at radius 2 is 1.50 bits per heavy atom. The fourth-order valence-corrected chi connectivity index (χ4v) is 4.35. The molecule has 0 saturated carbocycles. The maximum atomic E-state index is 2.37. The first-order valence-corrected chi connectivity index (χ1v) is 8.00. The van der Waals surface area contributed by atoms with Crippen molar-refractivity contribution in [2.24, 2.45) is 0 Å². The molecule has 2 heteroatoms. The zero-order valence-corrected chi connectivity index (χ0v) is 12.3. The van der Waals surface area contributed by atoms with Crippen LogP contribution in [0.25, 0.3) is 0 Å². The summed E-state index contributed by atoms with van der Waals surface area (Å²) in [5.74, 6) is 0.651. The average molecular weight is 272 g/mol. The Morgan fingerprint density at radius 1 is 0.889 bits per heavy atom. The van der Waals surface area contributed by atoms with Gasteiger partial charge in [0.1, 0.15) is 0 Å². The van der Waals surface area contributed by atoms with Crippen LogP contribution < -0.4 is 0 Å². The summed E-state index contributed by atoms with van der Waals surface area (Å²) < 4.78 is 0. The summed E-state index contributed by atoms with van der Waals surface area (Å²) in [6.45, 7) is 4.55. The van der Waals surface area contributed by atoms with Crippen molar-refractivity contribution in [2.75, 3.05) is 0 Å². The molecule has 1 heterocycles. The van der Waals surface area contributed by atoms with Gasteiger partial charge >= 0.3 is 0 Å². The van der Waals surface area contributed by atoms with Crippen LogP contribution in [-0.2, 0) is 0 Å². The van der Waals surface area contributed by atoms with E-state index >= 15 is 0 Å². The maximum Gasteiger partial charge on any atom is 0.0265 e. The van der Waals surface area contributed by atoms with Crippen molar-refractivity contribution in [1.29, 1.82) is 0 Å². The molecule has 1 unspecified atom stereocenters. The lowest BCUT2D eigenvalue weighted by molar-refractivity contribution is 0.729. The van der Waals surface area contributed by atoms with Crippen molar-refractivity contribution in [2.45, 2.75) is 45.8 Å². The number of hydrogen-bond donors (Lipinski definition) is 0. The summed E-state index contributed by atoms with van der Waals surface area (Å²) in [6, 6.07) is 15.6. The van der Waals surface area contributed by atoms with Gasteiger partial charge in [-0.15, -0.1) is 0 Å². The molecule has 0 amide bonds. The molecule has 2 aromatic carbocycles. The van der Waals surface area contributed by atoms with Crippen LogP contribution in [0.3, 0.4) is 0 Å². The lowest BCUT2D eigenvalue weighted by atomic mass is 9.99. The fraction of sp³-hybridized carbons (Fsp3) is 0.250. The van der Waals surface area contributed by atoms with E-state index in [1.54, 1.807) is 0 Å². The Bertz CT molecular complexity index is 575. The van der Waals surface area contributed by atoms with Gasteiger partial charge in [-0.25, -0.2) is 0 Å². The van der Waals surface area contributed by atoms with Crippen LogP contribution in [0.1, 0.15) is 31.7 Å². The number of fused-ring (bicyclic) bond motifs is 2. The Labute approximate surface area is 117 Å². The first-order chi connectivity index (χ1) is 8.78. The maximum absolute atomic E-state index is 2.37. The molecular formula is C16H16S2. The Hall–Kier alpha value is -0.860. The van der Waals surface area contributed by atoms with Crippen molar-refractivity contribution in [3.8, 4) is 0 Å². The molecule has 18 heavy (non-hydrogen) atoms. The fourth-order valence-electron chi connectivity index (χ4n) is 2.09. The SMILES string of the molecule is CCC(C)c1ccc2c(c1)Sc1ccccc1S2. The molecule has 0 nitrogen and oxygen atoms in total. The van der Waals surface area contributed by atoms with Gasteiger partial charge in [-0.3, -0.25) is 0 Å². The standard InChI is InChI=1S/C16H16S2/c1-3-11(2)12-8-9-15-16(10-12)18-14-7-5-4-6-13(14)17-15/h4-11H,3H2,1-2H3. The summed E-state index contributed by atoms with van der Waals surface area (Å²) in [7, 11) is 0. The van der Waals surface area contributed by atoms with Gasteiger partial charge in [0.25, 0.3) is 0 Å². The minimum absolute atomic E-state index is 0.651. The molecule has 1 aliphatic rings. The van der Waals surface area contributed by atoms with Crippen LogP contribution in [-0.4, -0.2) is 0 Å². The molecule has 0 spiro atoms. The molecule has 0 aromatic heterocycles. The number of benzene rings is 2. The van der Waals surface area contributed by atoms with Crippen molar-refractivity contribution >= 4 is 23.5 Å². The van der Waals surface area contributed by atoms with Gasteiger partial charge in [-0.1, -0.05) is 55.6 Å². The topological polar surface area (TPSA) is 0 Å². The van der Waals surface area contributed by atoms with E-state index in [2.05, 4.69) is 56.3 Å². The monoisotopic (exact) mass is 272 g/mol. The predicted octanol–water partition coefficient (Wildman–Crippen LogP) is 5.82. The Balaban J connectivity index is 1.98. The molecule has 0 radical (unpaired) electrons. The first kappa shape index (κ1) is 12.2. The van der Waals surface area contributed by atoms with Gasteiger partial charge in [-0.2, -0.15) is 0 Å². The van der Waals surface area contributed by atoms with Crippen molar-refractivity contribution in [3.05, 3.63) is 48.0 Å². The average Bonchev–Trinajstić information content (AvgIpc) is 2.43. The van der Waals surface area contributed by atoms with Crippen molar-refractivity contribution < 1.29 is 0 Å². The highest BCUT2D eigenvalue weighted by Crippen LogP contribution is 2.48. The molecule has 2 aromatic rings. The summed E-state index contributed by atoms with van der Waals surface area (Å²) in [5, 5.41) is 0. The third kappa shape index (κ3) is 2.19.